The minimum absolute atomic E-state index is 0.154. The molecule has 0 fully saturated rings. The van der Waals surface area contributed by atoms with Gasteiger partial charge in [0, 0.05) is 31.7 Å². The summed E-state index contributed by atoms with van der Waals surface area (Å²) in [6, 6.07) is 13.9. The molecule has 0 saturated carbocycles. The smallest absolute Gasteiger partial charge is 0.194 e. The average molecular weight is 250 g/mol. The Morgan fingerprint density at radius 3 is 2.44 bits per heavy atom. The highest BCUT2D eigenvalue weighted by Gasteiger charge is 2.27. The molecule has 1 aliphatic carbocycles. The Hall–Kier alpha value is -1.93. The zero-order valence-electron chi connectivity index (χ0n) is 9.86. The lowest BCUT2D eigenvalue weighted by Gasteiger charge is -2.16. The number of hydrogen-bond acceptors (Lipinski definition) is 2. The summed E-state index contributed by atoms with van der Waals surface area (Å²) in [5.74, 6) is 0.154. The lowest BCUT2D eigenvalue weighted by molar-refractivity contribution is 0.104. The summed E-state index contributed by atoms with van der Waals surface area (Å²) in [4.78, 5) is 13.8. The van der Waals surface area contributed by atoms with Crippen molar-refractivity contribution in [3.63, 3.8) is 0 Å². The van der Waals surface area contributed by atoms with Crippen LogP contribution in [0.4, 0.5) is 0 Å². The van der Waals surface area contributed by atoms with E-state index in [0.717, 1.165) is 22.1 Å². The van der Waals surface area contributed by atoms with Gasteiger partial charge in [0.15, 0.2) is 5.78 Å². The molecule has 4 rings (SSSR count). The number of rotatable bonds is 0. The Balaban J connectivity index is 2.30. The van der Waals surface area contributed by atoms with E-state index in [9.17, 15) is 4.79 Å². The summed E-state index contributed by atoms with van der Waals surface area (Å²) in [5.41, 5.74) is 4.02. The fraction of sp³-hybridized carbons (Fsp3) is 0.0625. The molecule has 2 heteroatoms. The van der Waals surface area contributed by atoms with Crippen LogP contribution >= 0.6 is 11.3 Å². The van der Waals surface area contributed by atoms with E-state index in [-0.39, 0.29) is 5.78 Å². The third-order valence-electron chi connectivity index (χ3n) is 3.58. The van der Waals surface area contributed by atoms with Crippen molar-refractivity contribution < 1.29 is 4.79 Å². The molecule has 0 aliphatic heterocycles. The fourth-order valence-corrected chi connectivity index (χ4v) is 3.93. The first-order chi connectivity index (χ1) is 8.77. The number of hydrogen-bond donors (Lipinski definition) is 0. The number of aryl methyl sites for hydroxylation is 1. The van der Waals surface area contributed by atoms with Gasteiger partial charge in [0.25, 0.3) is 0 Å². The van der Waals surface area contributed by atoms with Crippen LogP contribution in [0.25, 0.3) is 21.2 Å². The standard InChI is InChI=1S/C16H10OS/c1-9-14-10-5-2-3-6-11(10)16(17)12-7-4-8-13(18-9)15(12)14/h2-8H,1H3. The molecule has 1 aliphatic rings. The molecule has 0 saturated heterocycles. The molecular weight excluding hydrogens is 240 g/mol. The van der Waals surface area contributed by atoms with Crippen LogP contribution in [0.5, 0.6) is 0 Å². The number of carbonyl (C=O) groups excluding carboxylic acids is 1. The minimum Gasteiger partial charge on any atom is -0.289 e. The van der Waals surface area contributed by atoms with Gasteiger partial charge < -0.3 is 0 Å². The maximum atomic E-state index is 12.5. The molecule has 0 spiro atoms. The van der Waals surface area contributed by atoms with Gasteiger partial charge in [-0.2, -0.15) is 0 Å². The maximum Gasteiger partial charge on any atom is 0.194 e. The van der Waals surface area contributed by atoms with Crippen LogP contribution in [0.2, 0.25) is 0 Å². The quantitative estimate of drug-likeness (QED) is 0.451. The number of thiophene rings is 1. The molecule has 18 heavy (non-hydrogen) atoms. The van der Waals surface area contributed by atoms with Crippen molar-refractivity contribution in [1.29, 1.82) is 0 Å². The van der Waals surface area contributed by atoms with E-state index >= 15 is 0 Å². The Labute approximate surface area is 109 Å². The third-order valence-corrected chi connectivity index (χ3v) is 4.65. The van der Waals surface area contributed by atoms with Crippen LogP contribution in [0.15, 0.2) is 42.5 Å². The highest BCUT2D eigenvalue weighted by molar-refractivity contribution is 7.19. The van der Waals surface area contributed by atoms with Gasteiger partial charge in [-0.05, 0) is 18.6 Å². The lowest BCUT2D eigenvalue weighted by Crippen LogP contribution is -2.08. The third kappa shape index (κ3) is 1.08. The first-order valence-electron chi connectivity index (χ1n) is 5.93. The molecule has 0 radical (unpaired) electrons. The number of fused-ring (bicyclic) bond motifs is 2. The summed E-state index contributed by atoms with van der Waals surface area (Å²) < 4.78 is 1.21. The topological polar surface area (TPSA) is 17.1 Å². The van der Waals surface area contributed by atoms with Crippen LogP contribution in [-0.4, -0.2) is 5.78 Å². The second kappa shape index (κ2) is 3.30. The van der Waals surface area contributed by atoms with Gasteiger partial charge in [-0.25, -0.2) is 0 Å². The van der Waals surface area contributed by atoms with Crippen molar-refractivity contribution in [1.82, 2.24) is 0 Å². The monoisotopic (exact) mass is 250 g/mol. The molecule has 1 heterocycles. The molecule has 0 bridgehead atoms. The van der Waals surface area contributed by atoms with E-state index in [2.05, 4.69) is 19.1 Å². The Kier molecular flexibility index (Phi) is 1.84. The van der Waals surface area contributed by atoms with Crippen LogP contribution in [0.1, 0.15) is 20.8 Å². The summed E-state index contributed by atoms with van der Waals surface area (Å²) in [7, 11) is 0. The molecule has 3 aromatic rings. The highest BCUT2D eigenvalue weighted by Crippen LogP contribution is 2.45. The average Bonchev–Trinajstić information content (AvgIpc) is 2.73. The largest absolute Gasteiger partial charge is 0.289 e. The molecule has 0 amide bonds. The van der Waals surface area contributed by atoms with E-state index in [4.69, 9.17) is 0 Å². The zero-order chi connectivity index (χ0) is 12.3. The van der Waals surface area contributed by atoms with Gasteiger partial charge in [-0.1, -0.05) is 36.4 Å². The highest BCUT2D eigenvalue weighted by atomic mass is 32.1. The normalized spacial score (nSPS) is 12.8. The number of ketones is 1. The van der Waals surface area contributed by atoms with Crippen LogP contribution in [-0.2, 0) is 0 Å². The van der Waals surface area contributed by atoms with Crippen LogP contribution in [0.3, 0.4) is 0 Å². The van der Waals surface area contributed by atoms with E-state index in [1.165, 1.54) is 15.1 Å². The summed E-state index contributed by atoms with van der Waals surface area (Å²) in [6.07, 6.45) is 0. The predicted octanol–water partition coefficient (Wildman–Crippen LogP) is 4.42. The van der Waals surface area contributed by atoms with Gasteiger partial charge in [-0.15, -0.1) is 11.3 Å². The molecule has 0 unspecified atom stereocenters. The Morgan fingerprint density at radius 1 is 0.889 bits per heavy atom. The van der Waals surface area contributed by atoms with Gasteiger partial charge in [0.1, 0.15) is 0 Å². The molecule has 1 nitrogen and oxygen atoms in total. The lowest BCUT2D eigenvalue weighted by atomic mass is 9.85. The van der Waals surface area contributed by atoms with Crippen LogP contribution in [0, 0.1) is 6.92 Å². The number of benzene rings is 2. The molecule has 0 N–H and O–H groups in total. The van der Waals surface area contributed by atoms with Gasteiger partial charge in [0.05, 0.1) is 0 Å². The molecule has 1 aromatic heterocycles. The minimum atomic E-state index is 0.154. The van der Waals surface area contributed by atoms with E-state index in [1.54, 1.807) is 11.3 Å². The summed E-state index contributed by atoms with van der Waals surface area (Å²) in [5, 5.41) is 1.14. The second-order valence-corrected chi connectivity index (χ2v) is 5.84. The van der Waals surface area contributed by atoms with Crippen molar-refractivity contribution in [3.05, 3.63) is 58.5 Å². The summed E-state index contributed by atoms with van der Waals surface area (Å²) in [6.45, 7) is 2.14. The SMILES string of the molecule is Cc1sc2cccc3c2c1-c1ccccc1C3=O. The van der Waals surface area contributed by atoms with E-state index in [1.807, 2.05) is 30.3 Å². The van der Waals surface area contributed by atoms with Crippen LogP contribution < -0.4 is 0 Å². The van der Waals surface area contributed by atoms with Crippen molar-refractivity contribution in [2.24, 2.45) is 0 Å². The predicted molar refractivity (Wildman–Crippen MR) is 75.4 cm³/mol. The van der Waals surface area contributed by atoms with Crippen molar-refractivity contribution in [2.75, 3.05) is 0 Å². The van der Waals surface area contributed by atoms with Gasteiger partial charge >= 0.3 is 0 Å². The first-order valence-corrected chi connectivity index (χ1v) is 6.75. The van der Waals surface area contributed by atoms with E-state index in [0.29, 0.717) is 0 Å². The molecular formula is C16H10OS. The second-order valence-electron chi connectivity index (χ2n) is 4.59. The van der Waals surface area contributed by atoms with Crippen molar-refractivity contribution >= 4 is 27.2 Å². The Bertz CT molecular complexity index is 811. The fourth-order valence-electron chi connectivity index (χ4n) is 2.82. The van der Waals surface area contributed by atoms with E-state index < -0.39 is 0 Å². The van der Waals surface area contributed by atoms with Gasteiger partial charge in [-0.3, -0.25) is 4.79 Å². The maximum absolute atomic E-state index is 12.5. The summed E-state index contributed by atoms with van der Waals surface area (Å²) >= 11 is 1.77. The molecule has 86 valence electrons. The van der Waals surface area contributed by atoms with Crippen molar-refractivity contribution in [3.8, 4) is 11.1 Å². The van der Waals surface area contributed by atoms with Crippen molar-refractivity contribution in [2.45, 2.75) is 6.92 Å². The first kappa shape index (κ1) is 10.0. The molecule has 0 atom stereocenters. The molecule has 2 aromatic carbocycles. The number of carbonyl (C=O) groups is 1. The zero-order valence-corrected chi connectivity index (χ0v) is 10.7. The van der Waals surface area contributed by atoms with Gasteiger partial charge in [0.2, 0.25) is 0 Å². The Morgan fingerprint density at radius 2 is 1.61 bits per heavy atom.